The third-order valence-electron chi connectivity index (χ3n) is 4.17. The maximum Gasteiger partial charge on any atom is 0.191 e. The number of aliphatic imine (C=N–C) groups is 1. The Morgan fingerprint density at radius 3 is 2.64 bits per heavy atom. The van der Waals surface area contributed by atoms with Crippen LogP contribution in [0, 0.1) is 0 Å². The van der Waals surface area contributed by atoms with E-state index in [0.717, 1.165) is 43.7 Å². The smallest absolute Gasteiger partial charge is 0.191 e. The molecule has 8 nitrogen and oxygen atoms in total. The van der Waals surface area contributed by atoms with Gasteiger partial charge in [0.1, 0.15) is 24.5 Å². The molecular weight excluding hydrogens is 467 g/mol. The fourth-order valence-electron chi connectivity index (χ4n) is 2.74. The van der Waals surface area contributed by atoms with Crippen molar-refractivity contribution in [2.75, 3.05) is 13.1 Å². The molecule has 0 spiro atoms. The van der Waals surface area contributed by atoms with Crippen molar-refractivity contribution >= 4 is 29.9 Å². The van der Waals surface area contributed by atoms with Crippen LogP contribution >= 0.6 is 24.0 Å². The molecule has 0 radical (unpaired) electrons. The number of aromatic nitrogens is 5. The molecule has 0 aliphatic carbocycles. The van der Waals surface area contributed by atoms with E-state index in [4.69, 9.17) is 0 Å². The molecule has 0 atom stereocenters. The van der Waals surface area contributed by atoms with E-state index in [0.29, 0.717) is 6.54 Å². The van der Waals surface area contributed by atoms with Gasteiger partial charge in [-0.05, 0) is 12.5 Å². The van der Waals surface area contributed by atoms with Gasteiger partial charge >= 0.3 is 0 Å². The molecule has 0 saturated heterocycles. The van der Waals surface area contributed by atoms with E-state index in [2.05, 4.69) is 59.5 Å². The van der Waals surface area contributed by atoms with Crippen LogP contribution in [0.3, 0.4) is 0 Å². The highest BCUT2D eigenvalue weighted by molar-refractivity contribution is 14.0. The summed E-state index contributed by atoms with van der Waals surface area (Å²) in [6.07, 6.45) is 6.23. The summed E-state index contributed by atoms with van der Waals surface area (Å²) in [5.74, 6) is 2.64. The van der Waals surface area contributed by atoms with Gasteiger partial charge in [-0.2, -0.15) is 5.10 Å². The van der Waals surface area contributed by atoms with Crippen LogP contribution in [0.15, 0.2) is 54.0 Å². The number of hydrogen-bond donors (Lipinski definition) is 2. The van der Waals surface area contributed by atoms with E-state index < -0.39 is 0 Å². The molecule has 0 bridgehead atoms. The number of halogens is 1. The number of rotatable bonds is 8. The summed E-state index contributed by atoms with van der Waals surface area (Å²) in [4.78, 5) is 13.3. The summed E-state index contributed by atoms with van der Waals surface area (Å²) in [5.41, 5.74) is 1.27. The molecule has 3 aromatic rings. The second-order valence-electron chi connectivity index (χ2n) is 6.13. The summed E-state index contributed by atoms with van der Waals surface area (Å²) in [6.45, 7) is 4.90. The normalized spacial score (nSPS) is 11.1. The zero-order chi connectivity index (χ0) is 18.9. The van der Waals surface area contributed by atoms with Crippen LogP contribution in [0.4, 0.5) is 0 Å². The molecule has 2 heterocycles. The molecule has 28 heavy (non-hydrogen) atoms. The molecule has 0 unspecified atom stereocenters. The van der Waals surface area contributed by atoms with Crippen molar-refractivity contribution in [2.45, 2.75) is 26.4 Å². The molecule has 0 saturated carbocycles. The minimum Gasteiger partial charge on any atom is -0.357 e. The zero-order valence-electron chi connectivity index (χ0n) is 16.2. The lowest BCUT2D eigenvalue weighted by Crippen LogP contribution is -2.38. The van der Waals surface area contributed by atoms with Gasteiger partial charge in [-0.25, -0.2) is 15.0 Å². The van der Waals surface area contributed by atoms with Crippen LogP contribution < -0.4 is 10.6 Å². The first-order chi connectivity index (χ1) is 13.3. The van der Waals surface area contributed by atoms with Gasteiger partial charge in [0, 0.05) is 45.5 Å². The fourth-order valence-corrected chi connectivity index (χ4v) is 2.74. The number of guanidine groups is 1. The van der Waals surface area contributed by atoms with E-state index in [9.17, 15) is 0 Å². The molecule has 0 fully saturated rings. The highest BCUT2D eigenvalue weighted by atomic mass is 127. The third kappa shape index (κ3) is 6.32. The van der Waals surface area contributed by atoms with Crippen LogP contribution in [0.1, 0.15) is 24.1 Å². The summed E-state index contributed by atoms with van der Waals surface area (Å²) in [5, 5.41) is 10.7. The van der Waals surface area contributed by atoms with Gasteiger partial charge in [-0.1, -0.05) is 30.3 Å². The Labute approximate surface area is 182 Å². The van der Waals surface area contributed by atoms with Crippen molar-refractivity contribution in [1.29, 1.82) is 0 Å². The lowest BCUT2D eigenvalue weighted by molar-refractivity contribution is 0.685. The predicted molar refractivity (Wildman–Crippen MR) is 121 cm³/mol. The van der Waals surface area contributed by atoms with E-state index in [1.54, 1.807) is 4.68 Å². The van der Waals surface area contributed by atoms with Crippen LogP contribution in [0.2, 0.25) is 0 Å². The molecule has 9 heteroatoms. The number of benzene rings is 1. The molecule has 2 aromatic heterocycles. The van der Waals surface area contributed by atoms with Crippen LogP contribution in [0.25, 0.3) is 0 Å². The molecular formula is C19H27IN8. The Morgan fingerprint density at radius 2 is 1.93 bits per heavy atom. The van der Waals surface area contributed by atoms with Crippen LogP contribution in [-0.4, -0.2) is 43.4 Å². The van der Waals surface area contributed by atoms with Gasteiger partial charge in [0.05, 0.1) is 0 Å². The Morgan fingerprint density at radius 1 is 1.11 bits per heavy atom. The number of aryl methyl sites for hydroxylation is 1. The fraction of sp³-hybridized carbons (Fsp3) is 0.368. The highest BCUT2D eigenvalue weighted by Gasteiger charge is 2.05. The minimum atomic E-state index is 0. The van der Waals surface area contributed by atoms with Crippen molar-refractivity contribution < 1.29 is 0 Å². The SMILES string of the molecule is CCNC(=NCc1ncnn1C)NCCc1nccn1Cc1ccccc1.I. The Hall–Kier alpha value is -2.43. The third-order valence-corrected chi connectivity index (χ3v) is 4.17. The summed E-state index contributed by atoms with van der Waals surface area (Å²) in [7, 11) is 1.87. The van der Waals surface area contributed by atoms with Crippen molar-refractivity contribution in [3.8, 4) is 0 Å². The first-order valence-corrected chi connectivity index (χ1v) is 9.15. The standard InChI is InChI=1S/C19H26N8.HI/c1-3-20-19(23-13-18-24-15-25-26(18)2)22-10-9-17-21-11-12-27(17)14-16-7-5-4-6-8-16;/h4-8,11-12,15H,3,9-10,13-14H2,1-2H3,(H2,20,22,23);1H. The van der Waals surface area contributed by atoms with Gasteiger partial charge in [0.15, 0.2) is 5.96 Å². The first-order valence-electron chi connectivity index (χ1n) is 9.15. The quantitative estimate of drug-likeness (QED) is 0.284. The lowest BCUT2D eigenvalue weighted by Gasteiger charge is -2.12. The molecule has 2 N–H and O–H groups in total. The number of hydrogen-bond acceptors (Lipinski definition) is 4. The molecule has 1 aromatic carbocycles. The van der Waals surface area contributed by atoms with Gasteiger partial charge in [0.2, 0.25) is 0 Å². The summed E-state index contributed by atoms with van der Waals surface area (Å²) >= 11 is 0. The minimum absolute atomic E-state index is 0. The van der Waals surface area contributed by atoms with Crippen LogP contribution in [0.5, 0.6) is 0 Å². The molecule has 0 amide bonds. The number of nitrogens with one attached hydrogen (secondary N) is 2. The second kappa shape index (κ2) is 11.4. The number of nitrogens with zero attached hydrogens (tertiary/aromatic N) is 6. The second-order valence-corrected chi connectivity index (χ2v) is 6.13. The topological polar surface area (TPSA) is 84.9 Å². The molecule has 0 aliphatic rings. The first kappa shape index (κ1) is 21.9. The van der Waals surface area contributed by atoms with Gasteiger partial charge < -0.3 is 15.2 Å². The van der Waals surface area contributed by atoms with Gasteiger partial charge in [-0.3, -0.25) is 4.68 Å². The predicted octanol–water partition coefficient (Wildman–Crippen LogP) is 1.98. The van der Waals surface area contributed by atoms with Crippen molar-refractivity contribution in [3.05, 3.63) is 66.3 Å². The Kier molecular flexibility index (Phi) is 8.92. The summed E-state index contributed by atoms with van der Waals surface area (Å²) < 4.78 is 3.91. The molecule has 150 valence electrons. The molecule has 0 aliphatic heterocycles. The zero-order valence-corrected chi connectivity index (χ0v) is 18.6. The van der Waals surface area contributed by atoms with E-state index in [1.807, 2.05) is 32.4 Å². The van der Waals surface area contributed by atoms with Crippen molar-refractivity contribution in [2.24, 2.45) is 12.0 Å². The maximum atomic E-state index is 4.57. The van der Waals surface area contributed by atoms with Crippen LogP contribution in [-0.2, 0) is 26.6 Å². The van der Waals surface area contributed by atoms with Gasteiger partial charge in [-0.15, -0.1) is 24.0 Å². The monoisotopic (exact) mass is 494 g/mol. The highest BCUT2D eigenvalue weighted by Crippen LogP contribution is 2.05. The van der Waals surface area contributed by atoms with E-state index in [-0.39, 0.29) is 24.0 Å². The largest absolute Gasteiger partial charge is 0.357 e. The number of imidazole rings is 1. The van der Waals surface area contributed by atoms with Crippen molar-refractivity contribution in [3.63, 3.8) is 0 Å². The lowest BCUT2D eigenvalue weighted by atomic mass is 10.2. The van der Waals surface area contributed by atoms with Gasteiger partial charge in [0.25, 0.3) is 0 Å². The van der Waals surface area contributed by atoms with Crippen molar-refractivity contribution in [1.82, 2.24) is 34.9 Å². The Bertz CT molecular complexity index is 856. The van der Waals surface area contributed by atoms with E-state index >= 15 is 0 Å². The maximum absolute atomic E-state index is 4.57. The Balaban J connectivity index is 0.00000280. The average molecular weight is 494 g/mol. The van der Waals surface area contributed by atoms with E-state index in [1.165, 1.54) is 11.9 Å². The molecule has 3 rings (SSSR count). The average Bonchev–Trinajstić information content (AvgIpc) is 3.29. The summed E-state index contributed by atoms with van der Waals surface area (Å²) in [6, 6.07) is 10.4.